The maximum Gasteiger partial charge on any atom is 0.143 e. The van der Waals surface area contributed by atoms with Crippen LogP contribution < -0.4 is 0 Å². The van der Waals surface area contributed by atoms with Gasteiger partial charge in [0.2, 0.25) is 0 Å². The van der Waals surface area contributed by atoms with E-state index in [2.05, 4.69) is 20.9 Å². The molecule has 0 aliphatic rings. The summed E-state index contributed by atoms with van der Waals surface area (Å²) < 4.78 is 14.1. The summed E-state index contributed by atoms with van der Waals surface area (Å²) in [4.78, 5) is 4.19. The van der Waals surface area contributed by atoms with Crippen LogP contribution in [0, 0.1) is 12.7 Å². The van der Waals surface area contributed by atoms with E-state index >= 15 is 0 Å². The van der Waals surface area contributed by atoms with Gasteiger partial charge in [-0.3, -0.25) is 4.98 Å². The van der Waals surface area contributed by atoms with E-state index in [1.165, 1.54) is 0 Å². The standard InChI is InChI=1S/C13H11BrFNO/c1-8-4-2-7-11(16-8)13(17)9-5-3-6-10(14)12(9)15/h2-7,13,17H,1H3. The molecule has 2 aromatic rings. The number of nitrogens with zero attached hydrogens (tertiary/aromatic N) is 1. The van der Waals surface area contributed by atoms with Gasteiger partial charge in [0.25, 0.3) is 0 Å². The highest BCUT2D eigenvalue weighted by Gasteiger charge is 2.17. The van der Waals surface area contributed by atoms with Crippen LogP contribution in [-0.4, -0.2) is 10.1 Å². The number of aromatic nitrogens is 1. The molecule has 0 saturated heterocycles. The third-order valence-electron chi connectivity index (χ3n) is 2.47. The molecule has 88 valence electrons. The van der Waals surface area contributed by atoms with Crippen molar-refractivity contribution in [3.8, 4) is 0 Å². The highest BCUT2D eigenvalue weighted by atomic mass is 79.9. The fourth-order valence-electron chi connectivity index (χ4n) is 1.61. The smallest absolute Gasteiger partial charge is 0.143 e. The van der Waals surface area contributed by atoms with Crippen LogP contribution in [0.4, 0.5) is 4.39 Å². The summed E-state index contributed by atoms with van der Waals surface area (Å²) in [6, 6.07) is 10.1. The predicted molar refractivity (Wildman–Crippen MR) is 67.1 cm³/mol. The van der Waals surface area contributed by atoms with Crippen molar-refractivity contribution in [2.45, 2.75) is 13.0 Å². The molecule has 1 aromatic heterocycles. The molecule has 0 radical (unpaired) electrons. The Morgan fingerprint density at radius 2 is 1.94 bits per heavy atom. The maximum absolute atomic E-state index is 13.8. The average Bonchev–Trinajstić information content (AvgIpc) is 2.32. The lowest BCUT2D eigenvalue weighted by atomic mass is 10.1. The van der Waals surface area contributed by atoms with Crippen molar-refractivity contribution in [2.75, 3.05) is 0 Å². The van der Waals surface area contributed by atoms with Crippen LogP contribution in [0.25, 0.3) is 0 Å². The Balaban J connectivity index is 2.44. The molecule has 17 heavy (non-hydrogen) atoms. The topological polar surface area (TPSA) is 33.1 Å². The van der Waals surface area contributed by atoms with Crippen molar-refractivity contribution in [1.29, 1.82) is 0 Å². The van der Waals surface area contributed by atoms with Gasteiger partial charge in [0.15, 0.2) is 0 Å². The van der Waals surface area contributed by atoms with E-state index in [0.717, 1.165) is 5.69 Å². The Morgan fingerprint density at radius 1 is 1.24 bits per heavy atom. The van der Waals surface area contributed by atoms with Crippen molar-refractivity contribution in [3.05, 3.63) is 63.6 Å². The number of rotatable bonds is 2. The number of aliphatic hydroxyl groups is 1. The van der Waals surface area contributed by atoms with Gasteiger partial charge in [-0.1, -0.05) is 18.2 Å². The summed E-state index contributed by atoms with van der Waals surface area (Å²) in [5.74, 6) is -0.455. The number of hydrogen-bond donors (Lipinski definition) is 1. The summed E-state index contributed by atoms with van der Waals surface area (Å²) in [6.45, 7) is 1.83. The molecule has 0 saturated carbocycles. The van der Waals surface area contributed by atoms with Crippen LogP contribution in [0.1, 0.15) is 23.1 Å². The lowest BCUT2D eigenvalue weighted by Gasteiger charge is -2.12. The first kappa shape index (κ1) is 12.2. The van der Waals surface area contributed by atoms with Crippen LogP contribution >= 0.6 is 15.9 Å². The third kappa shape index (κ3) is 2.53. The van der Waals surface area contributed by atoms with E-state index < -0.39 is 11.9 Å². The SMILES string of the molecule is Cc1cccc(C(O)c2cccc(Br)c2F)n1. The lowest BCUT2D eigenvalue weighted by Crippen LogP contribution is -2.05. The highest BCUT2D eigenvalue weighted by molar-refractivity contribution is 9.10. The molecule has 0 amide bonds. The number of aryl methyl sites for hydroxylation is 1. The molecule has 1 unspecified atom stereocenters. The minimum atomic E-state index is -1.05. The van der Waals surface area contributed by atoms with E-state index in [9.17, 15) is 9.50 Å². The Morgan fingerprint density at radius 3 is 2.65 bits per heavy atom. The molecule has 0 aliphatic heterocycles. The Kier molecular flexibility index (Phi) is 3.54. The summed E-state index contributed by atoms with van der Waals surface area (Å²) in [7, 11) is 0. The van der Waals surface area contributed by atoms with Gasteiger partial charge in [0.05, 0.1) is 10.2 Å². The van der Waals surface area contributed by atoms with Crippen molar-refractivity contribution in [3.63, 3.8) is 0 Å². The van der Waals surface area contributed by atoms with Gasteiger partial charge in [-0.2, -0.15) is 0 Å². The largest absolute Gasteiger partial charge is 0.382 e. The minimum Gasteiger partial charge on any atom is -0.382 e. The number of hydrogen-bond acceptors (Lipinski definition) is 2. The van der Waals surface area contributed by atoms with E-state index in [1.54, 1.807) is 30.3 Å². The molecule has 0 aliphatic carbocycles. The minimum absolute atomic E-state index is 0.220. The van der Waals surface area contributed by atoms with Crippen LogP contribution in [0.15, 0.2) is 40.9 Å². The molecule has 4 heteroatoms. The van der Waals surface area contributed by atoms with Gasteiger partial charge < -0.3 is 5.11 Å². The molecule has 0 bridgehead atoms. The zero-order valence-corrected chi connectivity index (χ0v) is 10.8. The second kappa shape index (κ2) is 4.94. The van der Waals surface area contributed by atoms with Crippen molar-refractivity contribution < 1.29 is 9.50 Å². The van der Waals surface area contributed by atoms with Gasteiger partial charge in [-0.25, -0.2) is 4.39 Å². The van der Waals surface area contributed by atoms with Gasteiger partial charge >= 0.3 is 0 Å². The summed E-state index contributed by atoms with van der Waals surface area (Å²) in [5.41, 5.74) is 1.46. The van der Waals surface area contributed by atoms with E-state index in [-0.39, 0.29) is 5.56 Å². The Hall–Kier alpha value is -1.26. The zero-order chi connectivity index (χ0) is 12.4. The molecule has 1 atom stereocenters. The fraction of sp³-hybridized carbons (Fsp3) is 0.154. The lowest BCUT2D eigenvalue weighted by molar-refractivity contribution is 0.209. The number of halogens is 2. The second-order valence-electron chi connectivity index (χ2n) is 3.75. The van der Waals surface area contributed by atoms with E-state index in [1.807, 2.05) is 13.0 Å². The average molecular weight is 296 g/mol. The molecule has 2 nitrogen and oxygen atoms in total. The first-order chi connectivity index (χ1) is 8.09. The first-order valence-electron chi connectivity index (χ1n) is 5.15. The van der Waals surface area contributed by atoms with Gasteiger partial charge in [-0.05, 0) is 41.1 Å². The summed E-state index contributed by atoms with van der Waals surface area (Å²) in [5, 5.41) is 10.1. The van der Waals surface area contributed by atoms with Crippen LogP contribution in [-0.2, 0) is 0 Å². The Bertz CT molecular complexity index is 545. The molecule has 0 fully saturated rings. The van der Waals surface area contributed by atoms with Gasteiger partial charge in [0, 0.05) is 11.3 Å². The van der Waals surface area contributed by atoms with Crippen LogP contribution in [0.5, 0.6) is 0 Å². The second-order valence-corrected chi connectivity index (χ2v) is 4.60. The normalized spacial score (nSPS) is 12.5. The first-order valence-corrected chi connectivity index (χ1v) is 5.94. The van der Waals surface area contributed by atoms with Gasteiger partial charge in [-0.15, -0.1) is 0 Å². The van der Waals surface area contributed by atoms with E-state index in [0.29, 0.717) is 10.2 Å². The van der Waals surface area contributed by atoms with Gasteiger partial charge in [0.1, 0.15) is 11.9 Å². The number of benzene rings is 1. The zero-order valence-electron chi connectivity index (χ0n) is 9.19. The molecule has 0 spiro atoms. The summed E-state index contributed by atoms with van der Waals surface area (Å²) in [6.07, 6.45) is -1.05. The molecule has 2 rings (SSSR count). The van der Waals surface area contributed by atoms with Crippen molar-refractivity contribution in [2.24, 2.45) is 0 Å². The van der Waals surface area contributed by atoms with E-state index in [4.69, 9.17) is 0 Å². The Labute approximate surface area is 107 Å². The molecular formula is C13H11BrFNO. The van der Waals surface area contributed by atoms with Crippen molar-refractivity contribution in [1.82, 2.24) is 4.98 Å². The van der Waals surface area contributed by atoms with Crippen molar-refractivity contribution >= 4 is 15.9 Å². The van der Waals surface area contributed by atoms with Crippen LogP contribution in [0.2, 0.25) is 0 Å². The molecule has 1 aromatic carbocycles. The maximum atomic E-state index is 13.8. The third-order valence-corrected chi connectivity index (χ3v) is 3.08. The molecule has 1 N–H and O–H groups in total. The molecule has 1 heterocycles. The van der Waals surface area contributed by atoms with Crippen LogP contribution in [0.3, 0.4) is 0 Å². The summed E-state index contributed by atoms with van der Waals surface area (Å²) >= 11 is 3.09. The quantitative estimate of drug-likeness (QED) is 0.921. The fourth-order valence-corrected chi connectivity index (χ4v) is 1.99. The number of aliphatic hydroxyl groups excluding tert-OH is 1. The molecular weight excluding hydrogens is 285 g/mol. The monoisotopic (exact) mass is 295 g/mol. The number of pyridine rings is 1. The predicted octanol–water partition coefficient (Wildman–Crippen LogP) is 3.37. The highest BCUT2D eigenvalue weighted by Crippen LogP contribution is 2.27.